The number of thiophene rings is 2. The van der Waals surface area contributed by atoms with Gasteiger partial charge in [0.25, 0.3) is 0 Å². The SMILES string of the molecule is Cc1sc2c(c1C)C(c1ccc(Cl)cc1)=NC(CC(=O)NCCCCCCCCCCNC(=O)CC1N=C(c3ccc(Cl)cc3)c3c(sc(C)c3C)-n3c(C)nnc31)c1nnc(C)n1-2. The van der Waals surface area contributed by atoms with E-state index in [-0.39, 0.29) is 24.7 Å². The molecule has 0 spiro atoms. The number of rotatable bonds is 17. The Morgan fingerprint density at radius 3 is 1.28 bits per heavy atom. The molecule has 334 valence electrons. The van der Waals surface area contributed by atoms with Crippen molar-refractivity contribution in [2.45, 2.75) is 118 Å². The summed E-state index contributed by atoms with van der Waals surface area (Å²) in [5.74, 6) is 2.81. The molecule has 64 heavy (non-hydrogen) atoms. The number of aryl methyl sites for hydroxylation is 4. The molecule has 0 radical (unpaired) electrons. The van der Waals surface area contributed by atoms with E-state index in [4.69, 9.17) is 33.2 Å². The van der Waals surface area contributed by atoms with Crippen LogP contribution in [0.25, 0.3) is 10.0 Å². The first-order chi connectivity index (χ1) is 30.9. The van der Waals surface area contributed by atoms with Gasteiger partial charge in [-0.1, -0.05) is 86.0 Å². The molecule has 0 saturated heterocycles. The van der Waals surface area contributed by atoms with Crippen LogP contribution in [0.3, 0.4) is 0 Å². The van der Waals surface area contributed by atoms with E-state index in [0.29, 0.717) is 34.8 Å². The standard InChI is InChI=1S/C48H54Cl2N10O2S2/c1-27-29(3)63-47-41(27)43(33-15-19-35(49)20-16-33)53-37(45-57-55-31(5)59(45)47)25-39(61)51-23-13-11-9-7-8-10-12-14-24-52-40(62)26-38-46-58-56-32(6)60(46)48-42(28(2)30(4)64-48)44(54-38)34-17-21-36(50)22-18-34/h15-22,37-38H,7-14,23-26H2,1-6H3,(H,51,61)(H,52,62). The van der Waals surface area contributed by atoms with Crippen LogP contribution < -0.4 is 10.6 Å². The molecule has 2 aromatic carbocycles. The molecule has 4 aromatic heterocycles. The molecular weight excluding hydrogens is 884 g/mol. The third-order valence-electron chi connectivity index (χ3n) is 12.2. The number of hydrogen-bond donors (Lipinski definition) is 2. The normalized spacial score (nSPS) is 15.3. The molecule has 0 bridgehead atoms. The van der Waals surface area contributed by atoms with Gasteiger partial charge in [-0.3, -0.25) is 28.7 Å². The lowest BCUT2D eigenvalue weighted by molar-refractivity contribution is -0.122. The van der Waals surface area contributed by atoms with Crippen LogP contribution in [-0.2, 0) is 9.59 Å². The van der Waals surface area contributed by atoms with E-state index in [9.17, 15) is 9.59 Å². The number of nitrogens with one attached hydrogen (secondary N) is 2. The third-order valence-corrected chi connectivity index (χ3v) is 15.1. The minimum atomic E-state index is -0.486. The van der Waals surface area contributed by atoms with Crippen LogP contribution >= 0.6 is 45.9 Å². The van der Waals surface area contributed by atoms with Crippen LogP contribution in [0.2, 0.25) is 10.0 Å². The number of fused-ring (bicyclic) bond motifs is 6. The molecule has 6 heterocycles. The van der Waals surface area contributed by atoms with Gasteiger partial charge in [0.15, 0.2) is 11.6 Å². The predicted octanol–water partition coefficient (Wildman–Crippen LogP) is 10.7. The Bertz CT molecular complexity index is 2540. The quantitative estimate of drug-likeness (QED) is 0.0872. The molecule has 2 N–H and O–H groups in total. The maximum atomic E-state index is 13.4. The number of carbonyl (C=O) groups is 2. The number of nitrogens with zero attached hydrogens (tertiary/aromatic N) is 8. The summed E-state index contributed by atoms with van der Waals surface area (Å²) < 4.78 is 4.15. The van der Waals surface area contributed by atoms with Gasteiger partial charge in [0.05, 0.1) is 24.3 Å². The second-order valence-corrected chi connectivity index (χ2v) is 20.0. The fourth-order valence-electron chi connectivity index (χ4n) is 8.53. The van der Waals surface area contributed by atoms with Crippen LogP contribution in [0.5, 0.6) is 0 Å². The number of aliphatic imine (C=N–C) groups is 2. The second-order valence-electron chi connectivity index (χ2n) is 16.7. The molecule has 2 aliphatic rings. The molecule has 0 aliphatic carbocycles. The Balaban J connectivity index is 0.760. The number of benzene rings is 2. The summed E-state index contributed by atoms with van der Waals surface area (Å²) in [4.78, 5) is 39.6. The first-order valence-electron chi connectivity index (χ1n) is 22.2. The van der Waals surface area contributed by atoms with Crippen LogP contribution in [-0.4, -0.2) is 65.9 Å². The summed E-state index contributed by atoms with van der Waals surface area (Å²) >= 11 is 15.9. The fraction of sp³-hybridized carbons (Fsp3) is 0.417. The van der Waals surface area contributed by atoms with Crippen molar-refractivity contribution in [2.24, 2.45) is 9.98 Å². The molecule has 2 atom stereocenters. The van der Waals surface area contributed by atoms with Gasteiger partial charge < -0.3 is 10.6 Å². The molecular formula is C48H54Cl2N10O2S2. The van der Waals surface area contributed by atoms with Crippen molar-refractivity contribution in [1.82, 2.24) is 40.2 Å². The maximum Gasteiger partial charge on any atom is 0.222 e. The zero-order valence-electron chi connectivity index (χ0n) is 37.2. The molecule has 2 amide bonds. The number of aromatic nitrogens is 6. The molecule has 2 aliphatic heterocycles. The zero-order valence-corrected chi connectivity index (χ0v) is 40.4. The van der Waals surface area contributed by atoms with Crippen molar-refractivity contribution in [3.8, 4) is 10.0 Å². The Morgan fingerprint density at radius 2 is 0.906 bits per heavy atom. The molecule has 6 aromatic rings. The van der Waals surface area contributed by atoms with Crippen molar-refractivity contribution in [2.75, 3.05) is 13.1 Å². The van der Waals surface area contributed by atoms with Crippen LogP contribution in [0, 0.1) is 41.5 Å². The van der Waals surface area contributed by atoms with Gasteiger partial charge in [-0.25, -0.2) is 0 Å². The second kappa shape index (κ2) is 20.0. The number of halogens is 2. The van der Waals surface area contributed by atoms with Crippen LogP contribution in [0.1, 0.15) is 143 Å². The average molecular weight is 938 g/mol. The number of hydrogen-bond acceptors (Lipinski definition) is 10. The topological polar surface area (TPSA) is 144 Å². The Morgan fingerprint density at radius 1 is 0.547 bits per heavy atom. The predicted molar refractivity (Wildman–Crippen MR) is 259 cm³/mol. The first-order valence-corrected chi connectivity index (χ1v) is 24.5. The Hall–Kier alpha value is -5.02. The highest BCUT2D eigenvalue weighted by molar-refractivity contribution is 7.15. The highest BCUT2D eigenvalue weighted by atomic mass is 35.5. The molecule has 0 fully saturated rings. The van der Waals surface area contributed by atoms with E-state index in [1.54, 1.807) is 22.7 Å². The average Bonchev–Trinajstić information content (AvgIpc) is 3.96. The summed E-state index contributed by atoms with van der Waals surface area (Å²) in [5.41, 5.74) is 8.01. The summed E-state index contributed by atoms with van der Waals surface area (Å²) in [6.07, 6.45) is 8.81. The lowest BCUT2D eigenvalue weighted by atomic mass is 9.99. The van der Waals surface area contributed by atoms with Crippen LogP contribution in [0.15, 0.2) is 58.5 Å². The minimum Gasteiger partial charge on any atom is -0.356 e. The van der Waals surface area contributed by atoms with E-state index in [0.717, 1.165) is 118 Å². The lowest BCUT2D eigenvalue weighted by Crippen LogP contribution is -2.26. The van der Waals surface area contributed by atoms with Gasteiger partial charge in [0, 0.05) is 55.1 Å². The van der Waals surface area contributed by atoms with Gasteiger partial charge in [0.2, 0.25) is 11.8 Å². The number of carbonyl (C=O) groups excluding carboxylic acids is 2. The largest absolute Gasteiger partial charge is 0.356 e. The fourth-order valence-corrected chi connectivity index (χ4v) is 11.2. The summed E-state index contributed by atoms with van der Waals surface area (Å²) in [6.45, 7) is 13.6. The van der Waals surface area contributed by atoms with Crippen molar-refractivity contribution in [1.29, 1.82) is 0 Å². The van der Waals surface area contributed by atoms with E-state index >= 15 is 0 Å². The summed E-state index contributed by atoms with van der Waals surface area (Å²) in [6, 6.07) is 14.5. The number of unbranched alkanes of at least 4 members (excludes halogenated alkanes) is 7. The van der Waals surface area contributed by atoms with Gasteiger partial charge in [-0.2, -0.15) is 0 Å². The van der Waals surface area contributed by atoms with E-state index in [2.05, 4.69) is 67.9 Å². The van der Waals surface area contributed by atoms with Gasteiger partial charge in [0.1, 0.15) is 33.7 Å². The lowest BCUT2D eigenvalue weighted by Gasteiger charge is -2.13. The highest BCUT2D eigenvalue weighted by Gasteiger charge is 2.34. The summed E-state index contributed by atoms with van der Waals surface area (Å²) in [5, 5.41) is 27.5. The van der Waals surface area contributed by atoms with Gasteiger partial charge >= 0.3 is 0 Å². The van der Waals surface area contributed by atoms with Crippen molar-refractivity contribution >= 4 is 69.1 Å². The molecule has 12 nitrogen and oxygen atoms in total. The van der Waals surface area contributed by atoms with Crippen molar-refractivity contribution in [3.63, 3.8) is 0 Å². The smallest absolute Gasteiger partial charge is 0.222 e. The zero-order chi connectivity index (χ0) is 45.1. The monoisotopic (exact) mass is 936 g/mol. The van der Waals surface area contributed by atoms with E-state index < -0.39 is 12.1 Å². The number of amides is 2. The van der Waals surface area contributed by atoms with Crippen molar-refractivity contribution in [3.05, 3.63) is 125 Å². The molecule has 16 heteroatoms. The van der Waals surface area contributed by atoms with Gasteiger partial charge in [-0.15, -0.1) is 43.1 Å². The Kier molecular flexibility index (Phi) is 14.2. The minimum absolute atomic E-state index is 0.0494. The molecule has 8 rings (SSSR count). The molecule has 0 saturated carbocycles. The maximum absolute atomic E-state index is 13.4. The first kappa shape index (κ1) is 45.5. The summed E-state index contributed by atoms with van der Waals surface area (Å²) in [7, 11) is 0. The van der Waals surface area contributed by atoms with E-state index in [1.807, 2.05) is 62.4 Å². The van der Waals surface area contributed by atoms with Crippen LogP contribution in [0.4, 0.5) is 0 Å². The highest BCUT2D eigenvalue weighted by Crippen LogP contribution is 2.41. The van der Waals surface area contributed by atoms with E-state index in [1.165, 1.54) is 9.75 Å². The van der Waals surface area contributed by atoms with Crippen molar-refractivity contribution < 1.29 is 9.59 Å². The third kappa shape index (κ3) is 9.66. The Labute approximate surface area is 392 Å². The molecule has 2 unspecified atom stereocenters. The van der Waals surface area contributed by atoms with Gasteiger partial charge in [-0.05, 0) is 89.8 Å².